The van der Waals surface area contributed by atoms with Crippen LogP contribution in [-0.2, 0) is 19.1 Å². The van der Waals surface area contributed by atoms with Crippen molar-refractivity contribution in [3.63, 3.8) is 0 Å². The molecule has 9 nitrogen and oxygen atoms in total. The van der Waals surface area contributed by atoms with Gasteiger partial charge in [-0.15, -0.1) is 11.3 Å². The van der Waals surface area contributed by atoms with Gasteiger partial charge in [-0.1, -0.05) is 0 Å². The topological polar surface area (TPSA) is 147 Å². The second kappa shape index (κ2) is 8.61. The highest BCUT2D eigenvalue weighted by molar-refractivity contribution is 7.09. The molecule has 0 spiro atoms. The van der Waals surface area contributed by atoms with E-state index < -0.39 is 18.1 Å². The molecular weight excluding hydrogens is 382 g/mol. The lowest BCUT2D eigenvalue weighted by molar-refractivity contribution is -0.141. The Morgan fingerprint density at radius 3 is 2.61 bits per heavy atom. The van der Waals surface area contributed by atoms with E-state index in [9.17, 15) is 14.4 Å². The number of cyclic esters (lactones) is 1. The van der Waals surface area contributed by atoms with Gasteiger partial charge in [-0.2, -0.15) is 0 Å². The summed E-state index contributed by atoms with van der Waals surface area (Å²) in [5.41, 5.74) is 6.49. The van der Waals surface area contributed by atoms with Crippen molar-refractivity contribution >= 4 is 40.6 Å². The van der Waals surface area contributed by atoms with Crippen LogP contribution in [0.1, 0.15) is 35.9 Å². The number of amides is 2. The van der Waals surface area contributed by atoms with Crippen LogP contribution >= 0.6 is 11.3 Å². The first-order chi connectivity index (χ1) is 13.4. The summed E-state index contributed by atoms with van der Waals surface area (Å²) in [4.78, 5) is 39.9. The van der Waals surface area contributed by atoms with E-state index in [-0.39, 0.29) is 36.9 Å². The minimum Gasteiger partial charge on any atom is -0.453 e. The molecule has 1 aromatic carbocycles. The van der Waals surface area contributed by atoms with Gasteiger partial charge in [-0.3, -0.25) is 19.8 Å². The molecule has 2 amide bonds. The minimum absolute atomic E-state index is 0.0102. The molecule has 2 aromatic rings. The van der Waals surface area contributed by atoms with Crippen molar-refractivity contribution in [3.05, 3.63) is 46.4 Å². The highest BCUT2D eigenvalue weighted by atomic mass is 32.1. The number of esters is 1. The average Bonchev–Trinajstić information content (AvgIpc) is 3.30. The molecule has 28 heavy (non-hydrogen) atoms. The first kappa shape index (κ1) is 19.5. The van der Waals surface area contributed by atoms with Gasteiger partial charge in [0.1, 0.15) is 10.8 Å². The number of nitrogens with zero attached hydrogens (tertiary/aromatic N) is 1. The summed E-state index contributed by atoms with van der Waals surface area (Å²) in [6, 6.07) is 6.03. The zero-order chi connectivity index (χ0) is 20.1. The number of rotatable bonds is 7. The van der Waals surface area contributed by atoms with Crippen molar-refractivity contribution in [1.82, 2.24) is 10.3 Å². The SMILES string of the molecule is N=C(N)c1ccc(NC(=O)CCC(=O)NC2CC(=O)OC2c2nccs2)cc1. The summed E-state index contributed by atoms with van der Waals surface area (Å²) in [5.74, 6) is -1.11. The van der Waals surface area contributed by atoms with E-state index in [0.29, 0.717) is 16.3 Å². The molecule has 0 aliphatic carbocycles. The summed E-state index contributed by atoms with van der Waals surface area (Å²) in [6.45, 7) is 0. The van der Waals surface area contributed by atoms with Gasteiger partial charge in [0.25, 0.3) is 0 Å². The molecule has 1 saturated heterocycles. The molecule has 5 N–H and O–H groups in total. The number of nitrogen functional groups attached to an aromatic ring is 1. The molecule has 0 saturated carbocycles. The van der Waals surface area contributed by atoms with Crippen LogP contribution in [0.2, 0.25) is 0 Å². The number of thiazole rings is 1. The van der Waals surface area contributed by atoms with Gasteiger partial charge in [0.2, 0.25) is 11.8 Å². The average molecular weight is 401 g/mol. The number of amidine groups is 1. The lowest BCUT2D eigenvalue weighted by Gasteiger charge is -2.16. The van der Waals surface area contributed by atoms with Gasteiger partial charge >= 0.3 is 5.97 Å². The van der Waals surface area contributed by atoms with E-state index in [1.807, 2.05) is 0 Å². The van der Waals surface area contributed by atoms with Gasteiger partial charge in [-0.05, 0) is 24.3 Å². The fourth-order valence-corrected chi connectivity index (χ4v) is 3.47. The van der Waals surface area contributed by atoms with Crippen LogP contribution in [0, 0.1) is 5.41 Å². The molecule has 2 atom stereocenters. The number of nitrogens with two attached hydrogens (primary N) is 1. The molecule has 146 valence electrons. The fourth-order valence-electron chi connectivity index (χ4n) is 2.75. The third kappa shape index (κ3) is 4.92. The summed E-state index contributed by atoms with van der Waals surface area (Å²) < 4.78 is 5.24. The summed E-state index contributed by atoms with van der Waals surface area (Å²) in [6.07, 6.45) is 1.06. The normalized spacial score (nSPS) is 18.4. The first-order valence-electron chi connectivity index (χ1n) is 8.55. The smallest absolute Gasteiger partial charge is 0.308 e. The Hall–Kier alpha value is -3.27. The third-order valence-corrected chi connectivity index (χ3v) is 4.95. The van der Waals surface area contributed by atoms with Crippen LogP contribution in [-0.4, -0.2) is 34.6 Å². The van der Waals surface area contributed by atoms with E-state index >= 15 is 0 Å². The van der Waals surface area contributed by atoms with Crippen molar-refractivity contribution in [2.75, 3.05) is 5.32 Å². The van der Waals surface area contributed by atoms with Crippen molar-refractivity contribution in [2.24, 2.45) is 5.73 Å². The summed E-state index contributed by atoms with van der Waals surface area (Å²) in [7, 11) is 0. The second-order valence-corrected chi connectivity index (χ2v) is 7.12. The van der Waals surface area contributed by atoms with E-state index in [1.165, 1.54) is 11.3 Å². The molecule has 3 rings (SSSR count). The van der Waals surface area contributed by atoms with E-state index in [4.69, 9.17) is 15.9 Å². The monoisotopic (exact) mass is 401 g/mol. The third-order valence-electron chi connectivity index (χ3n) is 4.11. The molecule has 2 heterocycles. The lowest BCUT2D eigenvalue weighted by Crippen LogP contribution is -2.37. The number of nitrogens with one attached hydrogen (secondary N) is 3. The van der Waals surface area contributed by atoms with Gasteiger partial charge in [0, 0.05) is 35.7 Å². The van der Waals surface area contributed by atoms with Crippen molar-refractivity contribution in [2.45, 2.75) is 31.4 Å². The van der Waals surface area contributed by atoms with E-state index in [2.05, 4.69) is 15.6 Å². The van der Waals surface area contributed by atoms with Crippen molar-refractivity contribution in [3.8, 4) is 0 Å². The number of hydrogen-bond donors (Lipinski definition) is 4. The Morgan fingerprint density at radius 1 is 1.25 bits per heavy atom. The maximum atomic E-state index is 12.2. The van der Waals surface area contributed by atoms with Crippen molar-refractivity contribution in [1.29, 1.82) is 5.41 Å². The molecule has 1 aliphatic heterocycles. The standard InChI is InChI=1S/C18H19N5O4S/c19-17(20)10-1-3-11(4-2-10)22-13(24)5-6-14(25)23-12-9-15(26)27-16(12)18-21-7-8-28-18/h1-4,7-8,12,16H,5-6,9H2,(H3,19,20)(H,22,24)(H,23,25). The number of anilines is 1. The molecule has 0 bridgehead atoms. The van der Waals surface area contributed by atoms with Crippen LogP contribution < -0.4 is 16.4 Å². The second-order valence-electron chi connectivity index (χ2n) is 6.20. The predicted octanol–water partition coefficient (Wildman–Crippen LogP) is 1.32. The van der Waals surface area contributed by atoms with Crippen LogP contribution in [0.15, 0.2) is 35.8 Å². The molecule has 1 aliphatic rings. The maximum Gasteiger partial charge on any atom is 0.308 e. The minimum atomic E-state index is -0.593. The highest BCUT2D eigenvalue weighted by Gasteiger charge is 2.38. The predicted molar refractivity (Wildman–Crippen MR) is 103 cm³/mol. The Balaban J connectivity index is 1.47. The molecule has 10 heteroatoms. The van der Waals surface area contributed by atoms with E-state index in [1.54, 1.807) is 35.8 Å². The Bertz CT molecular complexity index is 882. The van der Waals surface area contributed by atoms with Gasteiger partial charge in [0.15, 0.2) is 6.10 Å². The summed E-state index contributed by atoms with van der Waals surface area (Å²) in [5, 5.41) is 15.2. The highest BCUT2D eigenvalue weighted by Crippen LogP contribution is 2.31. The quantitative estimate of drug-likeness (QED) is 0.312. The Labute approximate surface area is 164 Å². The van der Waals surface area contributed by atoms with Gasteiger partial charge < -0.3 is 21.1 Å². The van der Waals surface area contributed by atoms with Crippen LogP contribution in [0.5, 0.6) is 0 Å². The largest absolute Gasteiger partial charge is 0.453 e. The van der Waals surface area contributed by atoms with Gasteiger partial charge in [-0.25, -0.2) is 4.98 Å². The molecular formula is C18H19N5O4S. The fraction of sp³-hybridized carbons (Fsp3) is 0.278. The van der Waals surface area contributed by atoms with Gasteiger partial charge in [0.05, 0.1) is 12.5 Å². The Kier molecular flexibility index (Phi) is 5.99. The number of hydrogen-bond acceptors (Lipinski definition) is 7. The van der Waals surface area contributed by atoms with Crippen molar-refractivity contribution < 1.29 is 19.1 Å². The number of ether oxygens (including phenoxy) is 1. The zero-order valence-corrected chi connectivity index (χ0v) is 15.6. The van der Waals surface area contributed by atoms with Crippen LogP contribution in [0.4, 0.5) is 5.69 Å². The van der Waals surface area contributed by atoms with E-state index in [0.717, 1.165) is 0 Å². The molecule has 0 radical (unpaired) electrons. The van der Waals surface area contributed by atoms with Crippen LogP contribution in [0.3, 0.4) is 0 Å². The number of aromatic nitrogens is 1. The first-order valence-corrected chi connectivity index (χ1v) is 9.43. The number of benzene rings is 1. The number of carbonyl (C=O) groups excluding carboxylic acids is 3. The number of carbonyl (C=O) groups is 3. The molecule has 1 aromatic heterocycles. The van der Waals surface area contributed by atoms with Crippen LogP contribution in [0.25, 0.3) is 0 Å². The lowest BCUT2D eigenvalue weighted by atomic mass is 10.1. The zero-order valence-electron chi connectivity index (χ0n) is 14.8. The molecule has 1 fully saturated rings. The summed E-state index contributed by atoms with van der Waals surface area (Å²) >= 11 is 1.35. The Morgan fingerprint density at radius 2 is 1.96 bits per heavy atom. The molecule has 2 unspecified atom stereocenters. The maximum absolute atomic E-state index is 12.2.